The van der Waals surface area contributed by atoms with Crippen molar-refractivity contribution in [3.63, 3.8) is 0 Å². The van der Waals surface area contributed by atoms with E-state index in [2.05, 4.69) is 4.90 Å². The van der Waals surface area contributed by atoms with Crippen LogP contribution in [0.3, 0.4) is 0 Å². The SMILES string of the molecule is O[C@@H](CCN1CC[C@H](F)C1)c1ccc2c(c1)OCCO2. The van der Waals surface area contributed by atoms with Gasteiger partial charge in [-0.25, -0.2) is 4.39 Å². The van der Waals surface area contributed by atoms with Gasteiger partial charge in [-0.2, -0.15) is 0 Å². The first-order valence-electron chi connectivity index (χ1n) is 7.16. The van der Waals surface area contributed by atoms with E-state index in [0.717, 1.165) is 24.4 Å². The van der Waals surface area contributed by atoms with Gasteiger partial charge in [-0.15, -0.1) is 0 Å². The Kier molecular flexibility index (Phi) is 4.08. The zero-order valence-corrected chi connectivity index (χ0v) is 11.4. The topological polar surface area (TPSA) is 41.9 Å². The maximum atomic E-state index is 13.1. The van der Waals surface area contributed by atoms with Crippen molar-refractivity contribution in [2.24, 2.45) is 0 Å². The summed E-state index contributed by atoms with van der Waals surface area (Å²) in [6.07, 6.45) is -0.0436. The molecule has 110 valence electrons. The van der Waals surface area contributed by atoms with E-state index in [9.17, 15) is 9.50 Å². The van der Waals surface area contributed by atoms with Gasteiger partial charge in [-0.05, 0) is 30.5 Å². The summed E-state index contributed by atoms with van der Waals surface area (Å²) in [6.45, 7) is 3.10. The Morgan fingerprint density at radius 3 is 2.85 bits per heavy atom. The average Bonchev–Trinajstić information content (AvgIpc) is 2.90. The summed E-state index contributed by atoms with van der Waals surface area (Å²) in [5, 5.41) is 10.2. The smallest absolute Gasteiger partial charge is 0.161 e. The van der Waals surface area contributed by atoms with Gasteiger partial charge in [0, 0.05) is 19.6 Å². The molecule has 20 heavy (non-hydrogen) atoms. The summed E-state index contributed by atoms with van der Waals surface area (Å²) in [6, 6.07) is 5.53. The van der Waals surface area contributed by atoms with Gasteiger partial charge in [0.2, 0.25) is 0 Å². The molecule has 2 aliphatic heterocycles. The van der Waals surface area contributed by atoms with Crippen LogP contribution in [0.15, 0.2) is 18.2 Å². The van der Waals surface area contributed by atoms with Gasteiger partial charge in [0.05, 0.1) is 6.10 Å². The summed E-state index contributed by atoms with van der Waals surface area (Å²) in [5.74, 6) is 1.42. The summed E-state index contributed by atoms with van der Waals surface area (Å²) in [5.41, 5.74) is 0.824. The third-order valence-corrected chi connectivity index (χ3v) is 3.88. The molecule has 5 heteroatoms. The number of likely N-dealkylation sites (tertiary alicyclic amines) is 1. The van der Waals surface area contributed by atoms with Gasteiger partial charge in [0.25, 0.3) is 0 Å². The second-order valence-corrected chi connectivity index (χ2v) is 5.39. The normalized spacial score (nSPS) is 23.8. The van der Waals surface area contributed by atoms with Gasteiger partial charge >= 0.3 is 0 Å². The fourth-order valence-corrected chi connectivity index (χ4v) is 2.73. The van der Waals surface area contributed by atoms with E-state index in [4.69, 9.17) is 9.47 Å². The third-order valence-electron chi connectivity index (χ3n) is 3.88. The van der Waals surface area contributed by atoms with Gasteiger partial charge in [0.1, 0.15) is 19.4 Å². The van der Waals surface area contributed by atoms with Crippen LogP contribution in [0.2, 0.25) is 0 Å². The highest BCUT2D eigenvalue weighted by molar-refractivity contribution is 5.44. The number of halogens is 1. The maximum absolute atomic E-state index is 13.1. The van der Waals surface area contributed by atoms with Crippen molar-refractivity contribution in [1.29, 1.82) is 0 Å². The number of rotatable bonds is 4. The van der Waals surface area contributed by atoms with Crippen LogP contribution >= 0.6 is 0 Å². The predicted molar refractivity (Wildman–Crippen MR) is 73.0 cm³/mol. The Labute approximate surface area is 118 Å². The molecule has 2 heterocycles. The second-order valence-electron chi connectivity index (χ2n) is 5.39. The molecular weight excluding hydrogens is 261 g/mol. The molecule has 0 aromatic heterocycles. The molecule has 4 nitrogen and oxygen atoms in total. The third kappa shape index (κ3) is 3.04. The molecule has 1 aromatic carbocycles. The molecule has 2 aliphatic rings. The minimum atomic E-state index is -0.707. The number of hydrogen-bond donors (Lipinski definition) is 1. The van der Waals surface area contributed by atoms with Crippen molar-refractivity contribution < 1.29 is 19.0 Å². The van der Waals surface area contributed by atoms with E-state index in [1.54, 1.807) is 0 Å². The zero-order valence-electron chi connectivity index (χ0n) is 11.4. The van der Waals surface area contributed by atoms with Gasteiger partial charge in [-0.3, -0.25) is 0 Å². The van der Waals surface area contributed by atoms with Crippen molar-refractivity contribution in [2.75, 3.05) is 32.8 Å². The van der Waals surface area contributed by atoms with Crippen LogP contribution in [0.5, 0.6) is 11.5 Å². The summed E-state index contributed by atoms with van der Waals surface area (Å²) in [7, 11) is 0. The Bertz CT molecular complexity index is 468. The van der Waals surface area contributed by atoms with E-state index in [1.807, 2.05) is 18.2 Å². The highest BCUT2D eigenvalue weighted by atomic mass is 19.1. The fraction of sp³-hybridized carbons (Fsp3) is 0.600. The van der Waals surface area contributed by atoms with Gasteiger partial charge in [0.15, 0.2) is 11.5 Å². The van der Waals surface area contributed by atoms with Crippen molar-refractivity contribution in [3.05, 3.63) is 23.8 Å². The summed E-state index contributed by atoms with van der Waals surface area (Å²) >= 11 is 0. The molecule has 2 atom stereocenters. The lowest BCUT2D eigenvalue weighted by Gasteiger charge is -2.21. The van der Waals surface area contributed by atoms with Crippen LogP contribution in [-0.4, -0.2) is 49.0 Å². The van der Waals surface area contributed by atoms with Crippen LogP contribution in [0.4, 0.5) is 4.39 Å². The number of aliphatic hydroxyl groups excluding tert-OH is 1. The van der Waals surface area contributed by atoms with E-state index in [0.29, 0.717) is 38.3 Å². The molecule has 0 radical (unpaired) electrons. The Balaban J connectivity index is 1.58. The van der Waals surface area contributed by atoms with Crippen LogP contribution in [-0.2, 0) is 0 Å². The molecular formula is C15H20FNO3. The first-order chi connectivity index (χ1) is 9.72. The van der Waals surface area contributed by atoms with Gasteiger partial charge in [-0.1, -0.05) is 6.07 Å². The highest BCUT2D eigenvalue weighted by Gasteiger charge is 2.22. The van der Waals surface area contributed by atoms with E-state index in [1.165, 1.54) is 0 Å². The molecule has 0 unspecified atom stereocenters. The molecule has 1 saturated heterocycles. The Morgan fingerprint density at radius 2 is 2.10 bits per heavy atom. The number of nitrogens with zero attached hydrogens (tertiary/aromatic N) is 1. The highest BCUT2D eigenvalue weighted by Crippen LogP contribution is 2.33. The van der Waals surface area contributed by atoms with Gasteiger partial charge < -0.3 is 19.5 Å². The van der Waals surface area contributed by atoms with Crippen molar-refractivity contribution >= 4 is 0 Å². The van der Waals surface area contributed by atoms with E-state index < -0.39 is 12.3 Å². The van der Waals surface area contributed by atoms with Crippen LogP contribution in [0.25, 0.3) is 0 Å². The molecule has 1 N–H and O–H groups in total. The lowest BCUT2D eigenvalue weighted by Crippen LogP contribution is -2.23. The van der Waals surface area contributed by atoms with Crippen molar-refractivity contribution in [2.45, 2.75) is 25.1 Å². The lowest BCUT2D eigenvalue weighted by molar-refractivity contribution is 0.144. The predicted octanol–water partition coefficient (Wildman–Crippen LogP) is 1.93. The molecule has 0 bridgehead atoms. The minimum absolute atomic E-state index is 0.494. The second kappa shape index (κ2) is 5.97. The largest absolute Gasteiger partial charge is 0.486 e. The number of aliphatic hydroxyl groups is 1. The minimum Gasteiger partial charge on any atom is -0.486 e. The average molecular weight is 281 g/mol. The van der Waals surface area contributed by atoms with E-state index in [-0.39, 0.29) is 0 Å². The molecule has 0 spiro atoms. The van der Waals surface area contributed by atoms with Crippen molar-refractivity contribution in [1.82, 2.24) is 4.90 Å². The Hall–Kier alpha value is -1.33. The monoisotopic (exact) mass is 281 g/mol. The lowest BCUT2D eigenvalue weighted by atomic mass is 10.1. The zero-order chi connectivity index (χ0) is 13.9. The van der Waals surface area contributed by atoms with Crippen molar-refractivity contribution in [3.8, 4) is 11.5 Å². The molecule has 0 amide bonds. The fourth-order valence-electron chi connectivity index (χ4n) is 2.73. The molecule has 1 fully saturated rings. The molecule has 0 saturated carbocycles. The molecule has 0 aliphatic carbocycles. The number of benzene rings is 1. The quantitative estimate of drug-likeness (QED) is 0.915. The van der Waals surface area contributed by atoms with Crippen LogP contribution in [0, 0.1) is 0 Å². The maximum Gasteiger partial charge on any atom is 0.161 e. The number of hydrogen-bond acceptors (Lipinski definition) is 4. The number of alkyl halides is 1. The summed E-state index contributed by atoms with van der Waals surface area (Å²) in [4.78, 5) is 2.06. The summed E-state index contributed by atoms with van der Waals surface area (Å²) < 4.78 is 24.0. The first-order valence-corrected chi connectivity index (χ1v) is 7.16. The molecule has 1 aromatic rings. The standard InChI is InChI=1S/C15H20FNO3/c16-12-3-5-17(10-12)6-4-13(18)11-1-2-14-15(9-11)20-8-7-19-14/h1-2,9,12-13,18H,3-8,10H2/t12-,13-/m0/s1. The molecule has 3 rings (SSSR count). The van der Waals surface area contributed by atoms with E-state index >= 15 is 0 Å². The number of ether oxygens (including phenoxy) is 2. The first kappa shape index (κ1) is 13.6. The Morgan fingerprint density at radius 1 is 1.30 bits per heavy atom. The van der Waals surface area contributed by atoms with Crippen LogP contribution < -0.4 is 9.47 Å². The van der Waals surface area contributed by atoms with Crippen LogP contribution in [0.1, 0.15) is 24.5 Å². The number of fused-ring (bicyclic) bond motifs is 1.